The maximum atomic E-state index is 11.1. The molecule has 10 atom stereocenters. The van der Waals surface area contributed by atoms with Crippen molar-refractivity contribution < 1.29 is 19.7 Å². The highest BCUT2D eigenvalue weighted by Gasteiger charge is 2.61. The van der Waals surface area contributed by atoms with Crippen LogP contribution in [0.1, 0.15) is 85.0 Å². The van der Waals surface area contributed by atoms with E-state index in [2.05, 4.69) is 26.8 Å². The van der Waals surface area contributed by atoms with Gasteiger partial charge in [0.15, 0.2) is 6.29 Å². The molecule has 4 fully saturated rings. The predicted molar refractivity (Wildman–Crippen MR) is 117 cm³/mol. The number of hydrogen-bond donors (Lipinski definition) is 2. The van der Waals surface area contributed by atoms with Crippen molar-refractivity contribution >= 4 is 0 Å². The number of fused-ring (bicyclic) bond motifs is 5. The fourth-order valence-electron chi connectivity index (χ4n) is 8.67. The molecule has 5 rings (SSSR count). The zero-order valence-electron chi connectivity index (χ0n) is 19.2. The largest absolute Gasteiger partial charge is 0.393 e. The predicted octanol–water partition coefficient (Wildman–Crippen LogP) is 4.83. The molecule has 4 aliphatic carbocycles. The normalized spacial score (nSPS) is 52.0. The van der Waals surface area contributed by atoms with E-state index in [4.69, 9.17) is 9.47 Å². The van der Waals surface area contributed by atoms with Gasteiger partial charge in [-0.1, -0.05) is 25.5 Å². The molecule has 4 heteroatoms. The van der Waals surface area contributed by atoms with Crippen LogP contribution < -0.4 is 0 Å². The number of allylic oxidation sites excluding steroid dienone is 1. The van der Waals surface area contributed by atoms with E-state index in [1.807, 2.05) is 0 Å². The fourth-order valence-corrected chi connectivity index (χ4v) is 8.67. The third kappa shape index (κ3) is 3.24. The van der Waals surface area contributed by atoms with Crippen LogP contribution in [0, 0.1) is 34.5 Å². The van der Waals surface area contributed by atoms with Gasteiger partial charge >= 0.3 is 0 Å². The van der Waals surface area contributed by atoms with Gasteiger partial charge in [0.1, 0.15) is 0 Å². The molecule has 1 heterocycles. The summed E-state index contributed by atoms with van der Waals surface area (Å²) in [5.74, 6) is 2.53. The quantitative estimate of drug-likeness (QED) is 0.645. The highest BCUT2D eigenvalue weighted by atomic mass is 16.7. The molecule has 0 radical (unpaired) electrons. The SMILES string of the molecule is C[C@@H](OC1CCCCO1)[C@H]1CC[C@H]2[C@@H]3CC=C4C[C@@H](O)C[C@H](O)[C@]4(C)[C@H]3CC[C@]12C. The molecule has 0 bridgehead atoms. The van der Waals surface area contributed by atoms with Gasteiger partial charge in [0, 0.05) is 18.4 Å². The maximum Gasteiger partial charge on any atom is 0.157 e. The first-order chi connectivity index (χ1) is 14.3. The highest BCUT2D eigenvalue weighted by Crippen LogP contribution is 2.66. The van der Waals surface area contributed by atoms with E-state index in [0.29, 0.717) is 35.5 Å². The third-order valence-corrected chi connectivity index (χ3v) is 10.3. The summed E-state index contributed by atoms with van der Waals surface area (Å²) >= 11 is 0. The molecule has 4 nitrogen and oxygen atoms in total. The summed E-state index contributed by atoms with van der Waals surface area (Å²) in [5.41, 5.74) is 1.52. The van der Waals surface area contributed by atoms with Crippen molar-refractivity contribution in [1.29, 1.82) is 0 Å². The molecular weight excluding hydrogens is 376 g/mol. The highest BCUT2D eigenvalue weighted by molar-refractivity contribution is 5.27. The van der Waals surface area contributed by atoms with Crippen molar-refractivity contribution in [2.45, 2.75) is 110 Å². The first-order valence-corrected chi connectivity index (χ1v) is 12.7. The second-order valence-electron chi connectivity index (χ2n) is 11.6. The first kappa shape index (κ1) is 21.4. The summed E-state index contributed by atoms with van der Waals surface area (Å²) in [6.07, 6.45) is 12.7. The van der Waals surface area contributed by atoms with Gasteiger partial charge in [0.25, 0.3) is 0 Å². The molecule has 3 saturated carbocycles. The molecule has 0 spiro atoms. The Hall–Kier alpha value is -0.420. The van der Waals surface area contributed by atoms with E-state index in [-0.39, 0.29) is 23.9 Å². The van der Waals surface area contributed by atoms with E-state index in [9.17, 15) is 10.2 Å². The Labute approximate surface area is 182 Å². The lowest BCUT2D eigenvalue weighted by atomic mass is 9.46. The topological polar surface area (TPSA) is 58.9 Å². The Kier molecular flexibility index (Phi) is 5.62. The fraction of sp³-hybridized carbons (Fsp3) is 0.923. The molecule has 0 aromatic heterocycles. The minimum atomic E-state index is -0.410. The number of aliphatic hydroxyl groups excluding tert-OH is 2. The van der Waals surface area contributed by atoms with Crippen LogP contribution in [0.3, 0.4) is 0 Å². The average Bonchev–Trinajstić information content (AvgIpc) is 3.07. The average molecular weight is 419 g/mol. The van der Waals surface area contributed by atoms with Gasteiger partial charge in [-0.2, -0.15) is 0 Å². The molecule has 30 heavy (non-hydrogen) atoms. The van der Waals surface area contributed by atoms with E-state index in [0.717, 1.165) is 32.3 Å². The van der Waals surface area contributed by atoms with Gasteiger partial charge < -0.3 is 19.7 Å². The van der Waals surface area contributed by atoms with Crippen LogP contribution in [0.25, 0.3) is 0 Å². The van der Waals surface area contributed by atoms with E-state index in [1.165, 1.54) is 37.7 Å². The Balaban J connectivity index is 1.35. The second-order valence-corrected chi connectivity index (χ2v) is 11.6. The van der Waals surface area contributed by atoms with Crippen LogP contribution in [-0.4, -0.2) is 41.4 Å². The number of ether oxygens (including phenoxy) is 2. The summed E-state index contributed by atoms with van der Waals surface area (Å²) in [7, 11) is 0. The lowest BCUT2D eigenvalue weighted by molar-refractivity contribution is -0.205. The van der Waals surface area contributed by atoms with E-state index >= 15 is 0 Å². The van der Waals surface area contributed by atoms with Gasteiger partial charge in [-0.05, 0) is 93.8 Å². The van der Waals surface area contributed by atoms with Crippen LogP contribution in [0.4, 0.5) is 0 Å². The monoisotopic (exact) mass is 418 g/mol. The van der Waals surface area contributed by atoms with Crippen LogP contribution in [-0.2, 0) is 9.47 Å². The summed E-state index contributed by atoms with van der Waals surface area (Å²) in [5, 5.41) is 21.3. The Morgan fingerprint density at radius 3 is 2.70 bits per heavy atom. The number of hydrogen-bond acceptors (Lipinski definition) is 4. The van der Waals surface area contributed by atoms with Gasteiger partial charge in [-0.15, -0.1) is 0 Å². The first-order valence-electron chi connectivity index (χ1n) is 12.7. The van der Waals surface area contributed by atoms with Crippen molar-refractivity contribution in [3.8, 4) is 0 Å². The zero-order chi connectivity index (χ0) is 21.1. The molecule has 0 amide bonds. The van der Waals surface area contributed by atoms with Crippen LogP contribution in [0.2, 0.25) is 0 Å². The summed E-state index contributed by atoms with van der Waals surface area (Å²) in [6.45, 7) is 7.97. The molecule has 1 unspecified atom stereocenters. The Bertz CT molecular complexity index is 670. The van der Waals surface area contributed by atoms with Crippen LogP contribution >= 0.6 is 0 Å². The minimum absolute atomic E-state index is 0.00404. The van der Waals surface area contributed by atoms with Crippen LogP contribution in [0.15, 0.2) is 11.6 Å². The van der Waals surface area contributed by atoms with Crippen molar-refractivity contribution in [3.63, 3.8) is 0 Å². The summed E-state index contributed by atoms with van der Waals surface area (Å²) in [4.78, 5) is 0. The van der Waals surface area contributed by atoms with Crippen molar-refractivity contribution in [3.05, 3.63) is 11.6 Å². The van der Waals surface area contributed by atoms with Gasteiger partial charge in [0.2, 0.25) is 0 Å². The van der Waals surface area contributed by atoms with Crippen molar-refractivity contribution in [2.24, 2.45) is 34.5 Å². The lowest BCUT2D eigenvalue weighted by Crippen LogP contribution is -2.56. The molecule has 2 N–H and O–H groups in total. The Morgan fingerprint density at radius 2 is 1.93 bits per heavy atom. The molecule has 1 saturated heterocycles. The van der Waals surface area contributed by atoms with Gasteiger partial charge in [-0.3, -0.25) is 0 Å². The molecular formula is C26H42O4. The second kappa shape index (κ2) is 7.86. The smallest absolute Gasteiger partial charge is 0.157 e. The molecule has 5 aliphatic rings. The lowest BCUT2D eigenvalue weighted by Gasteiger charge is -2.59. The van der Waals surface area contributed by atoms with Crippen molar-refractivity contribution in [1.82, 2.24) is 0 Å². The summed E-state index contributed by atoms with van der Waals surface area (Å²) < 4.78 is 12.3. The Morgan fingerprint density at radius 1 is 1.10 bits per heavy atom. The maximum absolute atomic E-state index is 11.1. The number of rotatable bonds is 3. The number of aliphatic hydroxyl groups is 2. The molecule has 0 aromatic rings. The van der Waals surface area contributed by atoms with Gasteiger partial charge in [-0.25, -0.2) is 0 Å². The third-order valence-electron chi connectivity index (χ3n) is 10.3. The molecule has 0 aromatic carbocycles. The van der Waals surface area contributed by atoms with Gasteiger partial charge in [0.05, 0.1) is 18.3 Å². The minimum Gasteiger partial charge on any atom is -0.393 e. The zero-order valence-corrected chi connectivity index (χ0v) is 19.2. The van der Waals surface area contributed by atoms with E-state index < -0.39 is 6.10 Å². The summed E-state index contributed by atoms with van der Waals surface area (Å²) in [6, 6.07) is 0. The van der Waals surface area contributed by atoms with E-state index in [1.54, 1.807) is 0 Å². The van der Waals surface area contributed by atoms with Crippen molar-refractivity contribution in [2.75, 3.05) is 6.61 Å². The van der Waals surface area contributed by atoms with Crippen LogP contribution in [0.5, 0.6) is 0 Å². The molecule has 170 valence electrons. The molecule has 1 aliphatic heterocycles. The standard InChI is InChI=1S/C26H42O4/c1-16(30-24-6-4-5-13-29-24)20-9-10-21-19-8-7-17-14-18(27)15-23(28)26(17,3)22(19)11-12-25(20,21)2/h7,16,18-24,27-28H,4-6,8-15H2,1-3H3/t16-,18-,19+,20-,21+,22+,23+,24?,25-,26+/m1/s1.